The topological polar surface area (TPSA) is 59.1 Å². The number of nitrogens with zero attached hydrogens (tertiary/aromatic N) is 2. The number of carbonyl (C=O) groups is 2. The van der Waals surface area contributed by atoms with E-state index in [1.165, 1.54) is 0 Å². The van der Waals surface area contributed by atoms with Gasteiger partial charge in [-0.05, 0) is 12.1 Å². The van der Waals surface area contributed by atoms with Crippen LogP contribution in [-0.4, -0.2) is 56.7 Å². The molecule has 2 amide bonds. The summed E-state index contributed by atoms with van der Waals surface area (Å²) in [6, 6.07) is 7.39. The molecule has 1 aromatic carbocycles. The Morgan fingerprint density at radius 3 is 2.73 bits per heavy atom. The molecule has 0 unspecified atom stereocenters. The minimum Gasteiger partial charge on any atom is -0.495 e. The average molecular weight is 304 g/mol. The van der Waals surface area contributed by atoms with Gasteiger partial charge in [0.25, 0.3) is 0 Å². The molecule has 0 aromatic heterocycles. The van der Waals surface area contributed by atoms with E-state index in [-0.39, 0.29) is 24.2 Å². The summed E-state index contributed by atoms with van der Waals surface area (Å²) in [5.41, 5.74) is 0.729. The first kappa shape index (κ1) is 14.8. The van der Waals surface area contributed by atoms with Crippen LogP contribution in [0.3, 0.4) is 0 Å². The summed E-state index contributed by atoms with van der Waals surface area (Å²) in [7, 11) is 1.58. The van der Waals surface area contributed by atoms with Crippen molar-refractivity contribution >= 4 is 17.5 Å². The van der Waals surface area contributed by atoms with Crippen molar-refractivity contribution in [2.45, 2.75) is 6.42 Å². The highest BCUT2D eigenvalue weighted by Gasteiger charge is 2.38. The summed E-state index contributed by atoms with van der Waals surface area (Å²) in [5, 5.41) is 0. The number of carbonyl (C=O) groups excluding carboxylic acids is 2. The van der Waals surface area contributed by atoms with Crippen molar-refractivity contribution in [3.8, 4) is 5.75 Å². The van der Waals surface area contributed by atoms with Crippen LogP contribution in [0.1, 0.15) is 6.42 Å². The number of benzene rings is 1. The number of methoxy groups -OCH3 is 1. The Bertz CT molecular complexity index is 569. The summed E-state index contributed by atoms with van der Waals surface area (Å²) >= 11 is 0. The van der Waals surface area contributed by atoms with E-state index in [9.17, 15) is 9.59 Å². The lowest BCUT2D eigenvalue weighted by Crippen LogP contribution is -2.44. The molecule has 0 aliphatic carbocycles. The molecule has 0 saturated carbocycles. The van der Waals surface area contributed by atoms with Gasteiger partial charge in [0.05, 0.1) is 31.9 Å². The zero-order valence-corrected chi connectivity index (χ0v) is 12.7. The SMILES string of the molecule is COc1ccccc1N1C[C@@H](C(=O)N2CCOCC2)CC1=O. The maximum absolute atomic E-state index is 12.5. The van der Waals surface area contributed by atoms with Gasteiger partial charge in [0.1, 0.15) is 5.75 Å². The third-order valence-corrected chi connectivity index (χ3v) is 4.17. The minimum atomic E-state index is -0.282. The molecule has 0 radical (unpaired) electrons. The molecule has 6 nitrogen and oxygen atoms in total. The molecule has 2 saturated heterocycles. The number of morpholine rings is 1. The number of anilines is 1. The minimum absolute atomic E-state index is 0.0314. The fourth-order valence-corrected chi connectivity index (χ4v) is 3.00. The van der Waals surface area contributed by atoms with Gasteiger partial charge in [0, 0.05) is 26.1 Å². The molecule has 118 valence electrons. The van der Waals surface area contributed by atoms with E-state index in [1.54, 1.807) is 16.9 Å². The van der Waals surface area contributed by atoms with Crippen molar-refractivity contribution < 1.29 is 19.1 Å². The molecule has 6 heteroatoms. The van der Waals surface area contributed by atoms with Gasteiger partial charge in [-0.15, -0.1) is 0 Å². The molecule has 0 N–H and O–H groups in total. The van der Waals surface area contributed by atoms with Gasteiger partial charge in [0.15, 0.2) is 0 Å². The summed E-state index contributed by atoms with van der Waals surface area (Å²) in [4.78, 5) is 28.3. The molecule has 0 spiro atoms. The molecule has 22 heavy (non-hydrogen) atoms. The predicted octanol–water partition coefficient (Wildman–Crippen LogP) is 0.907. The highest BCUT2D eigenvalue weighted by molar-refractivity contribution is 6.01. The van der Waals surface area contributed by atoms with Gasteiger partial charge >= 0.3 is 0 Å². The first-order valence-electron chi connectivity index (χ1n) is 7.50. The Balaban J connectivity index is 1.74. The molecule has 0 bridgehead atoms. The van der Waals surface area contributed by atoms with Crippen LogP contribution in [0, 0.1) is 5.92 Å². The number of rotatable bonds is 3. The highest BCUT2D eigenvalue weighted by atomic mass is 16.5. The average Bonchev–Trinajstić information content (AvgIpc) is 2.96. The normalized spacial score (nSPS) is 22.0. The molecule has 2 aliphatic rings. The zero-order valence-electron chi connectivity index (χ0n) is 12.7. The van der Waals surface area contributed by atoms with Crippen LogP contribution in [0.4, 0.5) is 5.69 Å². The number of para-hydroxylation sites is 2. The molecular formula is C16H20N2O4. The van der Waals surface area contributed by atoms with Crippen molar-refractivity contribution in [2.75, 3.05) is 44.9 Å². The van der Waals surface area contributed by atoms with Crippen LogP contribution in [0.2, 0.25) is 0 Å². The number of amides is 2. The standard InChI is InChI=1S/C16H20N2O4/c1-21-14-5-3-2-4-13(14)18-11-12(10-15(18)19)16(20)17-6-8-22-9-7-17/h2-5,12H,6-11H2,1H3/t12-/m0/s1. The van der Waals surface area contributed by atoms with Gasteiger partial charge in [-0.1, -0.05) is 12.1 Å². The fourth-order valence-electron chi connectivity index (χ4n) is 3.00. The van der Waals surface area contributed by atoms with Crippen LogP contribution in [0.5, 0.6) is 5.75 Å². The van der Waals surface area contributed by atoms with E-state index >= 15 is 0 Å². The van der Waals surface area contributed by atoms with Crippen molar-refractivity contribution in [3.63, 3.8) is 0 Å². The van der Waals surface area contributed by atoms with Crippen molar-refractivity contribution in [3.05, 3.63) is 24.3 Å². The maximum atomic E-state index is 12.5. The Morgan fingerprint density at radius 2 is 2.00 bits per heavy atom. The Hall–Kier alpha value is -2.08. The molecule has 2 heterocycles. The third-order valence-electron chi connectivity index (χ3n) is 4.17. The van der Waals surface area contributed by atoms with Crippen LogP contribution in [0.15, 0.2) is 24.3 Å². The fraction of sp³-hybridized carbons (Fsp3) is 0.500. The highest BCUT2D eigenvalue weighted by Crippen LogP contribution is 2.33. The van der Waals surface area contributed by atoms with E-state index in [0.29, 0.717) is 38.6 Å². The second-order valence-corrected chi connectivity index (χ2v) is 5.51. The van der Waals surface area contributed by atoms with Crippen LogP contribution in [-0.2, 0) is 14.3 Å². The number of hydrogen-bond donors (Lipinski definition) is 0. The van der Waals surface area contributed by atoms with Crippen LogP contribution >= 0.6 is 0 Å². The Morgan fingerprint density at radius 1 is 1.27 bits per heavy atom. The summed E-state index contributed by atoms with van der Waals surface area (Å²) < 4.78 is 10.6. The van der Waals surface area contributed by atoms with Gasteiger partial charge in [-0.2, -0.15) is 0 Å². The van der Waals surface area contributed by atoms with Gasteiger partial charge in [-0.3, -0.25) is 9.59 Å². The lowest BCUT2D eigenvalue weighted by Gasteiger charge is -2.29. The lowest BCUT2D eigenvalue weighted by atomic mass is 10.1. The van der Waals surface area contributed by atoms with E-state index in [1.807, 2.05) is 24.3 Å². The first-order valence-corrected chi connectivity index (χ1v) is 7.50. The van der Waals surface area contributed by atoms with Crippen LogP contribution < -0.4 is 9.64 Å². The number of ether oxygens (including phenoxy) is 2. The summed E-state index contributed by atoms with van der Waals surface area (Å²) in [6.07, 6.45) is 0.258. The zero-order chi connectivity index (χ0) is 15.5. The number of hydrogen-bond acceptors (Lipinski definition) is 4. The van der Waals surface area contributed by atoms with Gasteiger partial charge in [0.2, 0.25) is 11.8 Å². The second-order valence-electron chi connectivity index (χ2n) is 5.51. The smallest absolute Gasteiger partial charge is 0.228 e. The largest absolute Gasteiger partial charge is 0.495 e. The molecule has 3 rings (SSSR count). The van der Waals surface area contributed by atoms with Crippen LogP contribution in [0.25, 0.3) is 0 Å². The third kappa shape index (κ3) is 2.78. The van der Waals surface area contributed by atoms with E-state index in [2.05, 4.69) is 0 Å². The molecule has 2 aliphatic heterocycles. The molecule has 1 aromatic rings. The quantitative estimate of drug-likeness (QED) is 0.833. The monoisotopic (exact) mass is 304 g/mol. The Kier molecular flexibility index (Phi) is 4.29. The first-order chi connectivity index (χ1) is 10.7. The van der Waals surface area contributed by atoms with Gasteiger partial charge < -0.3 is 19.3 Å². The lowest BCUT2D eigenvalue weighted by molar-refractivity contribution is -0.139. The predicted molar refractivity (Wildman–Crippen MR) is 80.9 cm³/mol. The molecule has 2 fully saturated rings. The van der Waals surface area contributed by atoms with E-state index in [0.717, 1.165) is 5.69 Å². The maximum Gasteiger partial charge on any atom is 0.228 e. The van der Waals surface area contributed by atoms with Crippen molar-refractivity contribution in [1.29, 1.82) is 0 Å². The second kappa shape index (κ2) is 6.36. The van der Waals surface area contributed by atoms with Crippen molar-refractivity contribution in [1.82, 2.24) is 4.90 Å². The molecular weight excluding hydrogens is 284 g/mol. The molecule has 1 atom stereocenters. The summed E-state index contributed by atoms with van der Waals surface area (Å²) in [5.74, 6) is 0.385. The van der Waals surface area contributed by atoms with Gasteiger partial charge in [-0.25, -0.2) is 0 Å². The van der Waals surface area contributed by atoms with E-state index < -0.39 is 0 Å². The Labute approximate surface area is 129 Å². The van der Waals surface area contributed by atoms with E-state index in [4.69, 9.17) is 9.47 Å². The van der Waals surface area contributed by atoms with Crippen molar-refractivity contribution in [2.24, 2.45) is 5.92 Å². The summed E-state index contributed by atoms with van der Waals surface area (Å²) in [6.45, 7) is 2.77.